The molecule has 0 heterocycles. The van der Waals surface area contributed by atoms with E-state index in [1.54, 1.807) is 12.1 Å². The quantitative estimate of drug-likeness (QED) is 0.467. The average Bonchev–Trinajstić information content (AvgIpc) is 2.43. The number of amides is 1. The first-order valence-corrected chi connectivity index (χ1v) is 6.22. The molecule has 1 amide bonds. The van der Waals surface area contributed by atoms with Gasteiger partial charge in [0.25, 0.3) is 0 Å². The maximum absolute atomic E-state index is 11.2. The highest BCUT2D eigenvalue weighted by Crippen LogP contribution is 2.42. The van der Waals surface area contributed by atoms with Crippen LogP contribution in [0.2, 0.25) is 0 Å². The van der Waals surface area contributed by atoms with E-state index in [-0.39, 0.29) is 23.1 Å². The number of phenols is 2. The number of rotatable bonds is 1. The topological polar surface area (TPSA) is 69.6 Å². The molecule has 0 fully saturated rings. The number of benzene rings is 3. The summed E-state index contributed by atoms with van der Waals surface area (Å²) in [4.78, 5) is 11.2. The van der Waals surface area contributed by atoms with E-state index >= 15 is 0 Å². The van der Waals surface area contributed by atoms with Crippen molar-refractivity contribution in [2.45, 2.75) is 6.92 Å². The SMILES string of the molecule is CC(=O)Nc1cc2c(ccc3ccccc32)c(O)c1O. The van der Waals surface area contributed by atoms with Crippen LogP contribution in [0.3, 0.4) is 0 Å². The van der Waals surface area contributed by atoms with Gasteiger partial charge in [0.15, 0.2) is 11.5 Å². The molecular weight excluding hydrogens is 254 g/mol. The highest BCUT2D eigenvalue weighted by Gasteiger charge is 2.14. The van der Waals surface area contributed by atoms with Crippen molar-refractivity contribution in [2.75, 3.05) is 5.32 Å². The van der Waals surface area contributed by atoms with Gasteiger partial charge in [0, 0.05) is 12.3 Å². The van der Waals surface area contributed by atoms with Gasteiger partial charge in [-0.05, 0) is 28.3 Å². The Labute approximate surface area is 115 Å². The van der Waals surface area contributed by atoms with Crippen LogP contribution < -0.4 is 5.32 Å². The summed E-state index contributed by atoms with van der Waals surface area (Å²) in [6, 6.07) is 13.1. The minimum atomic E-state index is -0.317. The van der Waals surface area contributed by atoms with Crippen LogP contribution in [0.5, 0.6) is 11.5 Å². The van der Waals surface area contributed by atoms with E-state index in [1.807, 2.05) is 30.3 Å². The molecule has 0 aromatic heterocycles. The Morgan fingerprint density at radius 2 is 1.70 bits per heavy atom. The number of hydrogen-bond acceptors (Lipinski definition) is 3. The molecule has 0 aliphatic heterocycles. The smallest absolute Gasteiger partial charge is 0.221 e. The molecule has 100 valence electrons. The molecular formula is C16H13NO3. The number of carbonyl (C=O) groups is 1. The summed E-state index contributed by atoms with van der Waals surface area (Å²) in [7, 11) is 0. The first-order chi connectivity index (χ1) is 9.58. The van der Waals surface area contributed by atoms with Crippen LogP contribution in [0.4, 0.5) is 5.69 Å². The molecule has 4 heteroatoms. The van der Waals surface area contributed by atoms with Crippen LogP contribution in [0, 0.1) is 0 Å². The Balaban J connectivity index is 2.42. The summed E-state index contributed by atoms with van der Waals surface area (Å²) in [6.07, 6.45) is 0. The molecule has 20 heavy (non-hydrogen) atoms. The highest BCUT2D eigenvalue weighted by molar-refractivity contribution is 6.12. The second kappa shape index (κ2) is 4.42. The fourth-order valence-electron chi connectivity index (χ4n) is 2.41. The fourth-order valence-corrected chi connectivity index (χ4v) is 2.41. The zero-order valence-electron chi connectivity index (χ0n) is 10.8. The van der Waals surface area contributed by atoms with Crippen molar-refractivity contribution in [1.29, 1.82) is 0 Å². The first kappa shape index (κ1) is 12.3. The van der Waals surface area contributed by atoms with Crippen LogP contribution >= 0.6 is 0 Å². The third kappa shape index (κ3) is 1.82. The van der Waals surface area contributed by atoms with Crippen molar-refractivity contribution in [3.05, 3.63) is 42.5 Å². The number of phenolic OH excluding ortho intramolecular Hbond substituents is 2. The molecule has 4 nitrogen and oxygen atoms in total. The molecule has 3 N–H and O–H groups in total. The van der Waals surface area contributed by atoms with Crippen molar-refractivity contribution >= 4 is 33.1 Å². The van der Waals surface area contributed by atoms with Crippen LogP contribution in [0.15, 0.2) is 42.5 Å². The lowest BCUT2D eigenvalue weighted by Crippen LogP contribution is -2.05. The summed E-state index contributed by atoms with van der Waals surface area (Å²) in [5, 5.41) is 25.9. The number of hydrogen-bond donors (Lipinski definition) is 3. The lowest BCUT2D eigenvalue weighted by molar-refractivity contribution is -0.114. The predicted molar refractivity (Wildman–Crippen MR) is 79.1 cm³/mol. The van der Waals surface area contributed by atoms with Crippen molar-refractivity contribution in [3.63, 3.8) is 0 Å². The average molecular weight is 267 g/mol. The van der Waals surface area contributed by atoms with Crippen LogP contribution in [-0.2, 0) is 4.79 Å². The number of nitrogens with one attached hydrogen (secondary N) is 1. The van der Waals surface area contributed by atoms with Crippen molar-refractivity contribution in [3.8, 4) is 11.5 Å². The van der Waals surface area contributed by atoms with E-state index in [1.165, 1.54) is 6.92 Å². The third-order valence-electron chi connectivity index (χ3n) is 3.30. The lowest BCUT2D eigenvalue weighted by atomic mass is 10.00. The normalized spacial score (nSPS) is 10.8. The van der Waals surface area contributed by atoms with Gasteiger partial charge in [-0.1, -0.05) is 30.3 Å². The standard InChI is InChI=1S/C16H13NO3/c1-9(18)17-14-8-13-11-5-3-2-4-10(11)6-7-12(13)15(19)16(14)20/h2-8,19-20H,1H3,(H,17,18). The van der Waals surface area contributed by atoms with E-state index < -0.39 is 0 Å². The molecule has 3 aromatic rings. The zero-order chi connectivity index (χ0) is 14.3. The predicted octanol–water partition coefficient (Wildman–Crippen LogP) is 3.36. The van der Waals surface area contributed by atoms with Crippen LogP contribution in [0.25, 0.3) is 21.5 Å². The van der Waals surface area contributed by atoms with Gasteiger partial charge in [-0.25, -0.2) is 0 Å². The van der Waals surface area contributed by atoms with E-state index in [0.29, 0.717) is 5.39 Å². The Morgan fingerprint density at radius 1 is 0.950 bits per heavy atom. The maximum atomic E-state index is 11.2. The van der Waals surface area contributed by atoms with E-state index in [9.17, 15) is 15.0 Å². The molecule has 0 saturated carbocycles. The van der Waals surface area contributed by atoms with Gasteiger partial charge in [0.1, 0.15) is 0 Å². The minimum absolute atomic E-state index is 0.207. The molecule has 0 atom stereocenters. The molecule has 0 unspecified atom stereocenters. The molecule has 3 rings (SSSR count). The molecule has 3 aromatic carbocycles. The van der Waals surface area contributed by atoms with Gasteiger partial charge in [0.2, 0.25) is 5.91 Å². The van der Waals surface area contributed by atoms with E-state index in [4.69, 9.17) is 0 Å². The second-order valence-electron chi connectivity index (χ2n) is 4.68. The monoisotopic (exact) mass is 267 g/mol. The second-order valence-corrected chi connectivity index (χ2v) is 4.68. The van der Waals surface area contributed by atoms with E-state index in [2.05, 4.69) is 5.32 Å². The van der Waals surface area contributed by atoms with Crippen molar-refractivity contribution < 1.29 is 15.0 Å². The first-order valence-electron chi connectivity index (χ1n) is 6.22. The molecule has 0 saturated heterocycles. The number of carbonyl (C=O) groups excluding carboxylic acids is 1. The Morgan fingerprint density at radius 3 is 2.45 bits per heavy atom. The molecule has 0 spiro atoms. The molecule has 0 bridgehead atoms. The Kier molecular flexibility index (Phi) is 2.71. The van der Waals surface area contributed by atoms with Gasteiger partial charge in [-0.3, -0.25) is 4.79 Å². The summed E-state index contributed by atoms with van der Waals surface area (Å²) in [6.45, 7) is 1.35. The fraction of sp³-hybridized carbons (Fsp3) is 0.0625. The Bertz CT molecular complexity index is 840. The maximum Gasteiger partial charge on any atom is 0.221 e. The zero-order valence-corrected chi connectivity index (χ0v) is 10.8. The van der Waals surface area contributed by atoms with Gasteiger partial charge < -0.3 is 15.5 Å². The number of aromatic hydroxyl groups is 2. The third-order valence-corrected chi connectivity index (χ3v) is 3.30. The summed E-state index contributed by atoms with van der Waals surface area (Å²) in [5.41, 5.74) is 0.207. The summed E-state index contributed by atoms with van der Waals surface area (Å²) in [5.74, 6) is -0.848. The van der Waals surface area contributed by atoms with Crippen molar-refractivity contribution in [1.82, 2.24) is 0 Å². The Hall–Kier alpha value is -2.75. The van der Waals surface area contributed by atoms with Gasteiger partial charge in [-0.15, -0.1) is 0 Å². The van der Waals surface area contributed by atoms with Crippen molar-refractivity contribution in [2.24, 2.45) is 0 Å². The van der Waals surface area contributed by atoms with Gasteiger partial charge in [-0.2, -0.15) is 0 Å². The lowest BCUT2D eigenvalue weighted by Gasteiger charge is -2.12. The van der Waals surface area contributed by atoms with E-state index in [0.717, 1.165) is 16.2 Å². The molecule has 0 aliphatic rings. The summed E-state index contributed by atoms with van der Waals surface area (Å²) >= 11 is 0. The van der Waals surface area contributed by atoms with Crippen LogP contribution in [0.1, 0.15) is 6.92 Å². The van der Waals surface area contributed by atoms with Crippen LogP contribution in [-0.4, -0.2) is 16.1 Å². The number of fused-ring (bicyclic) bond motifs is 3. The van der Waals surface area contributed by atoms with Gasteiger partial charge in [0.05, 0.1) is 5.69 Å². The highest BCUT2D eigenvalue weighted by atomic mass is 16.3. The molecule has 0 radical (unpaired) electrons. The molecule has 0 aliphatic carbocycles. The summed E-state index contributed by atoms with van der Waals surface area (Å²) < 4.78 is 0. The minimum Gasteiger partial charge on any atom is -0.504 e. The number of anilines is 1. The largest absolute Gasteiger partial charge is 0.504 e. The van der Waals surface area contributed by atoms with Gasteiger partial charge >= 0.3 is 0 Å².